The third-order valence-corrected chi connectivity index (χ3v) is 6.22. The molecule has 1 aliphatic heterocycles. The molecule has 2 aromatic carbocycles. The third kappa shape index (κ3) is 4.51. The van der Waals surface area contributed by atoms with Crippen molar-refractivity contribution in [2.45, 2.75) is 26.7 Å². The number of hydrogen-bond donors (Lipinski definition) is 1. The smallest absolute Gasteiger partial charge is 0.227 e. The number of halogens is 1. The Hall–Kier alpha value is -2.79. The average Bonchev–Trinajstić information content (AvgIpc) is 3.09. The van der Waals surface area contributed by atoms with Gasteiger partial charge in [0.25, 0.3) is 0 Å². The zero-order chi connectivity index (χ0) is 21.1. The third-order valence-electron chi connectivity index (χ3n) is 5.85. The molecule has 0 aliphatic carbocycles. The van der Waals surface area contributed by atoms with Crippen molar-refractivity contribution in [3.05, 3.63) is 70.2 Å². The number of rotatable bonds is 4. The molecule has 1 saturated heterocycles. The standard InChI is InChI=1S/C24H27ClN4O/c1-17-8-9-20(14-18(17)2)22-16-23(27-26-22)28-10-5-11-29(13-12-28)24(30)15-19-6-3-4-7-21(19)25/h3-4,6-9,14,16H,5,10-13,15H2,1-2H3,(H,26,27). The van der Waals surface area contributed by atoms with Crippen LogP contribution in [0.15, 0.2) is 48.5 Å². The van der Waals surface area contributed by atoms with Crippen LogP contribution in [0.2, 0.25) is 5.02 Å². The van der Waals surface area contributed by atoms with Crippen LogP contribution in [0.25, 0.3) is 11.3 Å². The van der Waals surface area contributed by atoms with Gasteiger partial charge in [0.15, 0.2) is 5.82 Å². The summed E-state index contributed by atoms with van der Waals surface area (Å²) >= 11 is 6.22. The first-order chi connectivity index (χ1) is 14.5. The average molecular weight is 423 g/mol. The lowest BCUT2D eigenvalue weighted by molar-refractivity contribution is -0.130. The number of carbonyl (C=O) groups is 1. The first-order valence-electron chi connectivity index (χ1n) is 10.4. The molecule has 1 amide bonds. The Bertz CT molecular complexity index is 1050. The number of aromatic nitrogens is 2. The van der Waals surface area contributed by atoms with Crippen LogP contribution in [0.5, 0.6) is 0 Å². The van der Waals surface area contributed by atoms with Gasteiger partial charge in [-0.15, -0.1) is 0 Å². The van der Waals surface area contributed by atoms with Crippen molar-refractivity contribution in [2.75, 3.05) is 31.1 Å². The fourth-order valence-electron chi connectivity index (χ4n) is 3.84. The number of H-pyrrole nitrogens is 1. The second-order valence-corrected chi connectivity index (χ2v) is 8.34. The number of benzene rings is 2. The van der Waals surface area contributed by atoms with E-state index >= 15 is 0 Å². The van der Waals surface area contributed by atoms with Crippen LogP contribution in [0, 0.1) is 13.8 Å². The minimum absolute atomic E-state index is 0.128. The highest BCUT2D eigenvalue weighted by molar-refractivity contribution is 6.31. The van der Waals surface area contributed by atoms with Crippen LogP contribution in [0.1, 0.15) is 23.1 Å². The van der Waals surface area contributed by atoms with Crippen molar-refractivity contribution in [1.82, 2.24) is 15.1 Å². The molecule has 1 fully saturated rings. The van der Waals surface area contributed by atoms with Gasteiger partial charge >= 0.3 is 0 Å². The minimum Gasteiger partial charge on any atom is -0.353 e. The number of nitrogens with one attached hydrogen (secondary N) is 1. The van der Waals surface area contributed by atoms with E-state index in [-0.39, 0.29) is 5.91 Å². The van der Waals surface area contributed by atoms with Gasteiger partial charge in [0.05, 0.1) is 12.1 Å². The quantitative estimate of drug-likeness (QED) is 0.667. The van der Waals surface area contributed by atoms with Gasteiger partial charge < -0.3 is 9.80 Å². The van der Waals surface area contributed by atoms with E-state index in [2.05, 4.69) is 53.2 Å². The molecule has 5 nitrogen and oxygen atoms in total. The van der Waals surface area contributed by atoms with Crippen LogP contribution >= 0.6 is 11.6 Å². The van der Waals surface area contributed by atoms with E-state index in [0.717, 1.165) is 48.7 Å². The number of anilines is 1. The molecule has 6 heteroatoms. The number of hydrogen-bond acceptors (Lipinski definition) is 3. The van der Waals surface area contributed by atoms with E-state index in [4.69, 9.17) is 11.6 Å². The predicted octanol–water partition coefficient (Wildman–Crippen LogP) is 4.63. The topological polar surface area (TPSA) is 52.2 Å². The summed E-state index contributed by atoms with van der Waals surface area (Å²) in [6, 6.07) is 16.1. The lowest BCUT2D eigenvalue weighted by atomic mass is 10.0. The molecule has 0 radical (unpaired) electrons. The zero-order valence-electron chi connectivity index (χ0n) is 17.5. The molecule has 0 saturated carbocycles. The molecule has 4 rings (SSSR count). The minimum atomic E-state index is 0.128. The summed E-state index contributed by atoms with van der Waals surface area (Å²) in [6.07, 6.45) is 1.26. The highest BCUT2D eigenvalue weighted by Gasteiger charge is 2.21. The van der Waals surface area contributed by atoms with Crippen LogP contribution in [0.4, 0.5) is 5.82 Å². The van der Waals surface area contributed by atoms with Gasteiger partial charge in [0, 0.05) is 37.3 Å². The fraction of sp³-hybridized carbons (Fsp3) is 0.333. The summed E-state index contributed by atoms with van der Waals surface area (Å²) < 4.78 is 0. The Labute approximate surface area is 182 Å². The number of carbonyl (C=O) groups excluding carboxylic acids is 1. The van der Waals surface area contributed by atoms with Gasteiger partial charge in [-0.3, -0.25) is 9.89 Å². The van der Waals surface area contributed by atoms with Crippen molar-refractivity contribution in [1.29, 1.82) is 0 Å². The predicted molar refractivity (Wildman–Crippen MR) is 122 cm³/mol. The maximum atomic E-state index is 12.8. The number of amides is 1. The van der Waals surface area contributed by atoms with Gasteiger partial charge in [-0.1, -0.05) is 41.9 Å². The Kier molecular flexibility index (Phi) is 6.09. The molecule has 3 aromatic rings. The molecule has 1 aliphatic rings. The summed E-state index contributed by atoms with van der Waals surface area (Å²) in [5, 5.41) is 8.36. The Morgan fingerprint density at radius 3 is 2.67 bits per heavy atom. The Morgan fingerprint density at radius 1 is 1.03 bits per heavy atom. The molecule has 0 spiro atoms. The Morgan fingerprint density at radius 2 is 1.87 bits per heavy atom. The first-order valence-corrected chi connectivity index (χ1v) is 10.8. The van der Waals surface area contributed by atoms with Gasteiger partial charge in [0.2, 0.25) is 5.91 Å². The van der Waals surface area contributed by atoms with Crippen molar-refractivity contribution >= 4 is 23.3 Å². The van der Waals surface area contributed by atoms with Crippen LogP contribution in [-0.4, -0.2) is 47.2 Å². The van der Waals surface area contributed by atoms with Gasteiger partial charge in [-0.25, -0.2) is 0 Å². The molecule has 0 bridgehead atoms. The zero-order valence-corrected chi connectivity index (χ0v) is 18.2. The summed E-state index contributed by atoms with van der Waals surface area (Å²) in [5.74, 6) is 1.06. The van der Waals surface area contributed by atoms with Crippen LogP contribution < -0.4 is 4.90 Å². The fourth-order valence-corrected chi connectivity index (χ4v) is 4.04. The number of aryl methyl sites for hydroxylation is 2. The van der Waals surface area contributed by atoms with E-state index < -0.39 is 0 Å². The molecule has 0 unspecified atom stereocenters. The molecular weight excluding hydrogens is 396 g/mol. The molecule has 1 aromatic heterocycles. The highest BCUT2D eigenvalue weighted by atomic mass is 35.5. The second kappa shape index (κ2) is 8.92. The van der Waals surface area contributed by atoms with Crippen LogP contribution in [-0.2, 0) is 11.2 Å². The monoisotopic (exact) mass is 422 g/mol. The summed E-state index contributed by atoms with van der Waals surface area (Å²) in [5.41, 5.74) is 5.60. The lowest BCUT2D eigenvalue weighted by Crippen LogP contribution is -2.36. The van der Waals surface area contributed by atoms with Crippen molar-refractivity contribution < 1.29 is 4.79 Å². The second-order valence-electron chi connectivity index (χ2n) is 7.93. The van der Waals surface area contributed by atoms with Gasteiger partial charge in [-0.05, 0) is 54.7 Å². The molecular formula is C24H27ClN4O. The lowest BCUT2D eigenvalue weighted by Gasteiger charge is -2.22. The maximum absolute atomic E-state index is 12.8. The van der Waals surface area contributed by atoms with E-state index in [1.807, 2.05) is 29.2 Å². The molecule has 30 heavy (non-hydrogen) atoms. The molecule has 0 atom stereocenters. The molecule has 2 heterocycles. The Balaban J connectivity index is 1.41. The molecule has 156 valence electrons. The van der Waals surface area contributed by atoms with Gasteiger partial charge in [-0.2, -0.15) is 5.10 Å². The summed E-state index contributed by atoms with van der Waals surface area (Å²) in [4.78, 5) is 17.0. The van der Waals surface area contributed by atoms with Crippen LogP contribution in [0.3, 0.4) is 0 Å². The SMILES string of the molecule is Cc1ccc(-c2cc(N3CCCN(C(=O)Cc4ccccc4Cl)CC3)n[nH]2)cc1C. The van der Waals surface area contributed by atoms with E-state index in [9.17, 15) is 4.79 Å². The number of aromatic amines is 1. The summed E-state index contributed by atoms with van der Waals surface area (Å²) in [6.45, 7) is 7.34. The van der Waals surface area contributed by atoms with Crippen molar-refractivity contribution in [3.63, 3.8) is 0 Å². The first kappa shape index (κ1) is 20.5. The highest BCUT2D eigenvalue weighted by Crippen LogP contribution is 2.25. The largest absolute Gasteiger partial charge is 0.353 e. The van der Waals surface area contributed by atoms with Gasteiger partial charge in [0.1, 0.15) is 0 Å². The van der Waals surface area contributed by atoms with E-state index in [1.54, 1.807) is 0 Å². The van der Waals surface area contributed by atoms with Crippen molar-refractivity contribution in [2.24, 2.45) is 0 Å². The molecule has 1 N–H and O–H groups in total. The summed E-state index contributed by atoms with van der Waals surface area (Å²) in [7, 11) is 0. The van der Waals surface area contributed by atoms with E-state index in [0.29, 0.717) is 18.0 Å². The number of nitrogens with zero attached hydrogens (tertiary/aromatic N) is 3. The van der Waals surface area contributed by atoms with E-state index in [1.165, 1.54) is 11.1 Å². The van der Waals surface area contributed by atoms with Crippen molar-refractivity contribution in [3.8, 4) is 11.3 Å². The normalized spacial score (nSPS) is 14.6. The maximum Gasteiger partial charge on any atom is 0.227 e.